The van der Waals surface area contributed by atoms with Gasteiger partial charge in [0.05, 0.1) is 22.1 Å². The zero-order valence-electron chi connectivity index (χ0n) is 24.3. The highest BCUT2D eigenvalue weighted by Crippen LogP contribution is 2.45. The van der Waals surface area contributed by atoms with E-state index in [1.165, 1.54) is 5.39 Å². The van der Waals surface area contributed by atoms with Crippen LogP contribution >= 0.6 is 0 Å². The summed E-state index contributed by atoms with van der Waals surface area (Å²) >= 11 is 0. The summed E-state index contributed by atoms with van der Waals surface area (Å²) < 4.78 is 21.9. The third-order valence-electron chi connectivity index (χ3n) is 9.41. The van der Waals surface area contributed by atoms with E-state index in [0.717, 1.165) is 93.4 Å². The average molecular weight is 591 g/mol. The number of aromatic nitrogens is 2. The van der Waals surface area contributed by atoms with Crippen molar-refractivity contribution in [2.45, 2.75) is 0 Å². The van der Waals surface area contributed by atoms with Gasteiger partial charge in [-0.25, -0.2) is 4.98 Å². The Balaban J connectivity index is 1.29. The van der Waals surface area contributed by atoms with Gasteiger partial charge in [-0.1, -0.05) is 78.9 Å². The number of fused-ring (bicyclic) bond motifs is 13. The van der Waals surface area contributed by atoms with Gasteiger partial charge in [0.15, 0.2) is 11.2 Å². The molecule has 5 heteroatoms. The summed E-state index contributed by atoms with van der Waals surface area (Å²) in [6.07, 6.45) is 0. The van der Waals surface area contributed by atoms with Gasteiger partial charge in [0.2, 0.25) is 5.89 Å². The molecular weight excluding hydrogens is 568 g/mol. The molecule has 5 nitrogen and oxygen atoms in total. The van der Waals surface area contributed by atoms with Crippen LogP contribution in [0, 0.1) is 0 Å². The minimum Gasteiger partial charge on any atom is -0.455 e. The summed E-state index contributed by atoms with van der Waals surface area (Å²) in [5.74, 6) is 0.573. The second-order valence-electron chi connectivity index (χ2n) is 11.9. The fourth-order valence-electron chi connectivity index (χ4n) is 7.38. The molecule has 214 valence electrons. The van der Waals surface area contributed by atoms with Crippen LogP contribution in [0.5, 0.6) is 0 Å². The number of hydrogen-bond donors (Lipinski definition) is 0. The lowest BCUT2D eigenvalue weighted by Gasteiger charge is -2.12. The molecule has 0 aliphatic heterocycles. The Kier molecular flexibility index (Phi) is 4.52. The maximum absolute atomic E-state index is 6.79. The van der Waals surface area contributed by atoms with Gasteiger partial charge < -0.3 is 17.8 Å². The molecule has 0 saturated heterocycles. The van der Waals surface area contributed by atoms with Gasteiger partial charge in [-0.3, -0.25) is 0 Å². The van der Waals surface area contributed by atoms with Crippen LogP contribution in [0.4, 0.5) is 0 Å². The highest BCUT2D eigenvalue weighted by atomic mass is 16.4. The maximum atomic E-state index is 6.79. The van der Waals surface area contributed by atoms with Crippen LogP contribution in [-0.2, 0) is 0 Å². The SMILES string of the molecule is c1ccc2c(c1)cc(-n1c3ccccc3c3ccc4c5ccccc5oc4c31)c1c3ccc(-c4nc5ccccc5o4)cc3oc21. The minimum absolute atomic E-state index is 0.573. The molecule has 4 aromatic heterocycles. The lowest BCUT2D eigenvalue weighted by atomic mass is 10.0. The number of benzene rings is 7. The Bertz CT molecular complexity index is 3010. The van der Waals surface area contributed by atoms with Crippen molar-refractivity contribution in [2.75, 3.05) is 0 Å². The molecule has 11 aromatic rings. The van der Waals surface area contributed by atoms with Crippen molar-refractivity contribution in [1.29, 1.82) is 0 Å². The molecule has 0 radical (unpaired) electrons. The lowest BCUT2D eigenvalue weighted by molar-refractivity contribution is 0.619. The predicted octanol–water partition coefficient (Wildman–Crippen LogP) is 11.5. The molecule has 0 atom stereocenters. The van der Waals surface area contributed by atoms with Crippen molar-refractivity contribution >= 4 is 87.6 Å². The first-order chi connectivity index (χ1) is 22.8. The largest absolute Gasteiger partial charge is 0.455 e. The molecular formula is C41H22N2O3. The molecule has 0 N–H and O–H groups in total. The molecule has 0 aliphatic carbocycles. The molecule has 0 aliphatic rings. The highest BCUT2D eigenvalue weighted by Gasteiger charge is 2.23. The van der Waals surface area contributed by atoms with E-state index in [1.807, 2.05) is 42.5 Å². The third-order valence-corrected chi connectivity index (χ3v) is 9.41. The minimum atomic E-state index is 0.573. The zero-order chi connectivity index (χ0) is 29.9. The van der Waals surface area contributed by atoms with Crippen molar-refractivity contribution in [1.82, 2.24) is 9.55 Å². The number of rotatable bonds is 2. The summed E-state index contributed by atoms with van der Waals surface area (Å²) in [6, 6.07) is 46.1. The average Bonchev–Trinajstić information content (AvgIpc) is 3.87. The Morgan fingerprint density at radius 2 is 1.20 bits per heavy atom. The van der Waals surface area contributed by atoms with E-state index < -0.39 is 0 Å². The molecule has 0 saturated carbocycles. The van der Waals surface area contributed by atoms with Gasteiger partial charge >= 0.3 is 0 Å². The van der Waals surface area contributed by atoms with Crippen molar-refractivity contribution in [3.63, 3.8) is 0 Å². The van der Waals surface area contributed by atoms with Crippen LogP contribution in [-0.4, -0.2) is 9.55 Å². The van der Waals surface area contributed by atoms with E-state index >= 15 is 0 Å². The first-order valence-corrected chi connectivity index (χ1v) is 15.4. The number of hydrogen-bond acceptors (Lipinski definition) is 4. The number of furan rings is 2. The van der Waals surface area contributed by atoms with Gasteiger partial charge in [0, 0.05) is 37.9 Å². The van der Waals surface area contributed by atoms with Crippen molar-refractivity contribution in [3.05, 3.63) is 133 Å². The fraction of sp³-hybridized carbons (Fsp3) is 0. The van der Waals surface area contributed by atoms with Crippen LogP contribution in [0.15, 0.2) is 147 Å². The summed E-state index contributed by atoms with van der Waals surface area (Å²) in [4.78, 5) is 4.74. The molecule has 0 spiro atoms. The van der Waals surface area contributed by atoms with E-state index in [9.17, 15) is 0 Å². The standard InChI is InChI=1S/C41H22N2O3/c1-2-10-25-23(9-1)21-33(37-30-18-17-24(22-36(30)45-39(25)37)41-42-31-13-5-8-16-35(31)46-41)43-32-14-6-3-11-26(32)28-19-20-29-27-12-4-7-15-34(27)44-40(29)38(28)43/h1-22H. The fourth-order valence-corrected chi connectivity index (χ4v) is 7.38. The second-order valence-corrected chi connectivity index (χ2v) is 11.9. The molecule has 0 fully saturated rings. The maximum Gasteiger partial charge on any atom is 0.227 e. The first kappa shape index (κ1) is 24.0. The van der Waals surface area contributed by atoms with E-state index in [-0.39, 0.29) is 0 Å². The second kappa shape index (κ2) is 8.65. The lowest BCUT2D eigenvalue weighted by Crippen LogP contribution is -1.96. The van der Waals surface area contributed by atoms with Gasteiger partial charge in [0.25, 0.3) is 0 Å². The number of nitrogens with zero attached hydrogens (tertiary/aromatic N) is 2. The normalized spacial score (nSPS) is 12.3. The van der Waals surface area contributed by atoms with Crippen molar-refractivity contribution in [2.24, 2.45) is 0 Å². The van der Waals surface area contributed by atoms with Crippen LogP contribution < -0.4 is 0 Å². The Labute approximate surface area is 260 Å². The van der Waals surface area contributed by atoms with Crippen molar-refractivity contribution in [3.8, 4) is 17.1 Å². The summed E-state index contributed by atoms with van der Waals surface area (Å²) in [7, 11) is 0. The smallest absolute Gasteiger partial charge is 0.227 e. The molecule has 4 heterocycles. The Hall–Kier alpha value is -6.33. The molecule has 0 amide bonds. The van der Waals surface area contributed by atoms with Crippen LogP contribution in [0.25, 0.3) is 105 Å². The summed E-state index contributed by atoms with van der Waals surface area (Å²) in [6.45, 7) is 0. The van der Waals surface area contributed by atoms with Crippen LogP contribution in [0.3, 0.4) is 0 Å². The molecule has 11 rings (SSSR count). The third kappa shape index (κ3) is 3.11. The predicted molar refractivity (Wildman–Crippen MR) is 186 cm³/mol. The number of oxazole rings is 1. The monoisotopic (exact) mass is 590 g/mol. The highest BCUT2D eigenvalue weighted by molar-refractivity contribution is 6.24. The zero-order valence-corrected chi connectivity index (χ0v) is 24.3. The number of para-hydroxylation sites is 4. The van der Waals surface area contributed by atoms with Gasteiger partial charge in [-0.15, -0.1) is 0 Å². The van der Waals surface area contributed by atoms with Gasteiger partial charge in [0.1, 0.15) is 22.3 Å². The molecule has 0 bridgehead atoms. The molecule has 7 aromatic carbocycles. The van der Waals surface area contributed by atoms with Crippen LogP contribution in [0.1, 0.15) is 0 Å². The summed E-state index contributed by atoms with van der Waals surface area (Å²) in [5, 5.41) is 8.78. The molecule has 0 unspecified atom stereocenters. The Morgan fingerprint density at radius 3 is 2.11 bits per heavy atom. The first-order valence-electron chi connectivity index (χ1n) is 15.4. The van der Waals surface area contributed by atoms with E-state index in [1.54, 1.807) is 0 Å². The Morgan fingerprint density at radius 1 is 0.478 bits per heavy atom. The van der Waals surface area contributed by atoms with Gasteiger partial charge in [-0.2, -0.15) is 0 Å². The van der Waals surface area contributed by atoms with Crippen molar-refractivity contribution < 1.29 is 13.3 Å². The topological polar surface area (TPSA) is 57.2 Å². The van der Waals surface area contributed by atoms with E-state index in [2.05, 4.69) is 95.6 Å². The molecule has 46 heavy (non-hydrogen) atoms. The van der Waals surface area contributed by atoms with Crippen LogP contribution in [0.2, 0.25) is 0 Å². The quantitative estimate of drug-likeness (QED) is 0.201. The summed E-state index contributed by atoms with van der Waals surface area (Å²) in [5.41, 5.74) is 9.05. The van der Waals surface area contributed by atoms with E-state index in [4.69, 9.17) is 18.2 Å². The van der Waals surface area contributed by atoms with E-state index in [0.29, 0.717) is 5.89 Å². The van der Waals surface area contributed by atoms with Gasteiger partial charge in [-0.05, 0) is 60.0 Å².